The van der Waals surface area contributed by atoms with Crippen molar-refractivity contribution in [3.63, 3.8) is 0 Å². The zero-order valence-corrected chi connectivity index (χ0v) is 11.5. The van der Waals surface area contributed by atoms with Crippen molar-refractivity contribution < 1.29 is 9.18 Å². The largest absolute Gasteiger partial charge is 0.352 e. The van der Waals surface area contributed by atoms with Crippen LogP contribution in [0.15, 0.2) is 42.6 Å². The number of halogens is 2. The average molecular weight is 293 g/mol. The molecule has 0 unspecified atom stereocenters. The molecule has 1 N–H and O–H groups in total. The van der Waals surface area contributed by atoms with E-state index in [4.69, 9.17) is 11.6 Å². The minimum atomic E-state index is -0.611. The molecule has 0 radical (unpaired) electrons. The van der Waals surface area contributed by atoms with E-state index in [1.165, 1.54) is 18.2 Å². The van der Waals surface area contributed by atoms with Gasteiger partial charge in [0.15, 0.2) is 0 Å². The summed E-state index contributed by atoms with van der Waals surface area (Å²) < 4.78 is 13.5. The molecule has 0 aliphatic carbocycles. The molecule has 0 bridgehead atoms. The Bertz CT molecular complexity index is 569. The Morgan fingerprint density at radius 3 is 2.80 bits per heavy atom. The molecule has 0 fully saturated rings. The Kier molecular flexibility index (Phi) is 5.07. The number of hydrogen-bond donors (Lipinski definition) is 1. The van der Waals surface area contributed by atoms with E-state index in [-0.39, 0.29) is 10.6 Å². The summed E-state index contributed by atoms with van der Waals surface area (Å²) in [6.45, 7) is 0.445. The molecular formula is C15H14ClFN2O. The van der Waals surface area contributed by atoms with Crippen LogP contribution in [0.2, 0.25) is 5.02 Å². The number of benzene rings is 1. The highest BCUT2D eigenvalue weighted by Crippen LogP contribution is 2.18. The van der Waals surface area contributed by atoms with Crippen LogP contribution in [-0.2, 0) is 6.42 Å². The van der Waals surface area contributed by atoms with Gasteiger partial charge in [-0.15, -0.1) is 0 Å². The van der Waals surface area contributed by atoms with Gasteiger partial charge in [0.05, 0.1) is 10.6 Å². The zero-order valence-electron chi connectivity index (χ0n) is 10.8. The van der Waals surface area contributed by atoms with Crippen molar-refractivity contribution in [1.29, 1.82) is 0 Å². The molecule has 0 saturated heterocycles. The second kappa shape index (κ2) is 7.01. The first-order valence-electron chi connectivity index (χ1n) is 6.30. The average Bonchev–Trinajstić information content (AvgIpc) is 2.44. The molecule has 3 nitrogen and oxygen atoms in total. The number of hydrogen-bond acceptors (Lipinski definition) is 2. The third kappa shape index (κ3) is 3.78. The minimum absolute atomic E-state index is 0.105. The van der Waals surface area contributed by atoms with Crippen LogP contribution in [0.1, 0.15) is 22.5 Å². The summed E-state index contributed by atoms with van der Waals surface area (Å²) in [7, 11) is 0. The van der Waals surface area contributed by atoms with Gasteiger partial charge in [-0.25, -0.2) is 4.39 Å². The summed E-state index contributed by atoms with van der Waals surface area (Å²) in [6.07, 6.45) is 3.22. The van der Waals surface area contributed by atoms with Gasteiger partial charge in [-0.05, 0) is 37.1 Å². The maximum Gasteiger partial charge on any atom is 0.255 e. The molecule has 1 aromatic carbocycles. The smallest absolute Gasteiger partial charge is 0.255 e. The molecule has 0 saturated carbocycles. The predicted molar refractivity (Wildman–Crippen MR) is 76.3 cm³/mol. The van der Waals surface area contributed by atoms with Crippen molar-refractivity contribution in [2.45, 2.75) is 12.8 Å². The fourth-order valence-corrected chi connectivity index (χ4v) is 2.07. The summed E-state index contributed by atoms with van der Waals surface area (Å²) in [5, 5.41) is 2.78. The van der Waals surface area contributed by atoms with Crippen LogP contribution >= 0.6 is 11.6 Å². The molecule has 1 heterocycles. The van der Waals surface area contributed by atoms with Crippen LogP contribution in [0.3, 0.4) is 0 Å². The lowest BCUT2D eigenvalue weighted by atomic mass is 10.2. The van der Waals surface area contributed by atoms with E-state index >= 15 is 0 Å². The van der Waals surface area contributed by atoms with Crippen LogP contribution in [0, 0.1) is 5.82 Å². The molecule has 0 spiro atoms. The molecule has 1 aromatic heterocycles. The molecule has 5 heteroatoms. The van der Waals surface area contributed by atoms with E-state index in [0.717, 1.165) is 18.5 Å². The van der Waals surface area contributed by atoms with Gasteiger partial charge < -0.3 is 5.32 Å². The number of amides is 1. The number of aromatic nitrogens is 1. The lowest BCUT2D eigenvalue weighted by Crippen LogP contribution is -2.26. The van der Waals surface area contributed by atoms with Crippen LogP contribution in [0.5, 0.6) is 0 Å². The van der Waals surface area contributed by atoms with Crippen molar-refractivity contribution in [2.24, 2.45) is 0 Å². The first-order valence-corrected chi connectivity index (χ1v) is 6.68. The van der Waals surface area contributed by atoms with Gasteiger partial charge in [0.25, 0.3) is 5.91 Å². The molecule has 2 rings (SSSR count). The van der Waals surface area contributed by atoms with E-state index in [9.17, 15) is 9.18 Å². The molecule has 0 aliphatic heterocycles. The quantitative estimate of drug-likeness (QED) is 0.860. The van der Waals surface area contributed by atoms with Gasteiger partial charge in [0.2, 0.25) is 0 Å². The van der Waals surface area contributed by atoms with Crippen LogP contribution in [0.25, 0.3) is 0 Å². The molecule has 1 amide bonds. The normalized spacial score (nSPS) is 10.3. The number of nitrogens with zero attached hydrogens (tertiary/aromatic N) is 1. The monoisotopic (exact) mass is 292 g/mol. The number of pyridine rings is 1. The maximum atomic E-state index is 13.5. The van der Waals surface area contributed by atoms with Crippen LogP contribution < -0.4 is 5.32 Å². The third-order valence-electron chi connectivity index (χ3n) is 2.81. The zero-order chi connectivity index (χ0) is 14.4. The Morgan fingerprint density at radius 2 is 2.10 bits per heavy atom. The summed E-state index contributed by atoms with van der Waals surface area (Å²) >= 11 is 5.82. The maximum absolute atomic E-state index is 13.5. The Hall–Kier alpha value is -1.94. The lowest BCUT2D eigenvalue weighted by molar-refractivity contribution is 0.0949. The second-order valence-corrected chi connectivity index (χ2v) is 4.68. The van der Waals surface area contributed by atoms with E-state index in [1.807, 2.05) is 18.2 Å². The lowest BCUT2D eigenvalue weighted by Gasteiger charge is -2.07. The highest BCUT2D eigenvalue weighted by Gasteiger charge is 2.14. The van der Waals surface area contributed by atoms with Crippen LogP contribution in [0.4, 0.5) is 4.39 Å². The standard InChI is InChI=1S/C15H14ClFN2O/c16-12-7-3-8-13(17)14(12)15(20)19-10-4-6-11-5-1-2-9-18-11/h1-3,5,7-9H,4,6,10H2,(H,19,20). The topological polar surface area (TPSA) is 42.0 Å². The second-order valence-electron chi connectivity index (χ2n) is 4.28. The Balaban J connectivity index is 1.84. The Labute approximate surface area is 121 Å². The third-order valence-corrected chi connectivity index (χ3v) is 3.13. The SMILES string of the molecule is O=C(NCCCc1ccccn1)c1c(F)cccc1Cl. The van der Waals surface area contributed by atoms with Gasteiger partial charge in [0.1, 0.15) is 5.82 Å². The van der Waals surface area contributed by atoms with Gasteiger partial charge in [-0.1, -0.05) is 23.7 Å². The Morgan fingerprint density at radius 1 is 1.25 bits per heavy atom. The highest BCUT2D eigenvalue weighted by atomic mass is 35.5. The number of aryl methyl sites for hydroxylation is 1. The van der Waals surface area contributed by atoms with E-state index in [2.05, 4.69) is 10.3 Å². The molecule has 20 heavy (non-hydrogen) atoms. The van der Waals surface area contributed by atoms with Gasteiger partial charge in [-0.3, -0.25) is 9.78 Å². The number of carbonyl (C=O) groups excluding carboxylic acids is 1. The summed E-state index contributed by atoms with van der Waals surface area (Å²) in [5.74, 6) is -1.10. The van der Waals surface area contributed by atoms with E-state index in [0.29, 0.717) is 6.54 Å². The predicted octanol–water partition coefficient (Wildman–Crippen LogP) is 3.24. The first-order chi connectivity index (χ1) is 9.68. The molecule has 0 atom stereocenters. The number of nitrogens with one attached hydrogen (secondary N) is 1. The fourth-order valence-electron chi connectivity index (χ4n) is 1.82. The van der Waals surface area contributed by atoms with Crippen molar-refractivity contribution >= 4 is 17.5 Å². The molecule has 2 aromatic rings. The first kappa shape index (κ1) is 14.5. The van der Waals surface area contributed by atoms with Crippen LogP contribution in [-0.4, -0.2) is 17.4 Å². The number of carbonyl (C=O) groups is 1. The van der Waals surface area contributed by atoms with Crippen molar-refractivity contribution in [2.75, 3.05) is 6.54 Å². The molecular weight excluding hydrogens is 279 g/mol. The van der Waals surface area contributed by atoms with E-state index < -0.39 is 11.7 Å². The highest BCUT2D eigenvalue weighted by molar-refractivity contribution is 6.33. The summed E-state index contributed by atoms with van der Waals surface area (Å²) in [6, 6.07) is 9.87. The van der Waals surface area contributed by atoms with Gasteiger partial charge in [-0.2, -0.15) is 0 Å². The summed E-state index contributed by atoms with van der Waals surface area (Å²) in [4.78, 5) is 16.0. The van der Waals surface area contributed by atoms with Gasteiger partial charge in [0, 0.05) is 18.4 Å². The minimum Gasteiger partial charge on any atom is -0.352 e. The molecule has 0 aliphatic rings. The number of rotatable bonds is 5. The van der Waals surface area contributed by atoms with Crippen molar-refractivity contribution in [1.82, 2.24) is 10.3 Å². The van der Waals surface area contributed by atoms with Crippen molar-refractivity contribution in [3.05, 3.63) is 64.7 Å². The van der Waals surface area contributed by atoms with Gasteiger partial charge >= 0.3 is 0 Å². The molecule has 104 valence electrons. The van der Waals surface area contributed by atoms with E-state index in [1.54, 1.807) is 6.20 Å². The fraction of sp³-hybridized carbons (Fsp3) is 0.200. The summed E-state index contributed by atoms with van der Waals surface area (Å²) in [5.41, 5.74) is 0.859. The van der Waals surface area contributed by atoms with Crippen molar-refractivity contribution in [3.8, 4) is 0 Å².